The van der Waals surface area contributed by atoms with Crippen LogP contribution in [0.2, 0.25) is 0 Å². The van der Waals surface area contributed by atoms with Gasteiger partial charge in [0.25, 0.3) is 0 Å². The van der Waals surface area contributed by atoms with E-state index in [2.05, 4.69) is 31.0 Å². The summed E-state index contributed by atoms with van der Waals surface area (Å²) in [5.74, 6) is 1.99. The third-order valence-electron chi connectivity index (χ3n) is 4.57. The Morgan fingerprint density at radius 2 is 2.04 bits per heavy atom. The molecule has 0 saturated carbocycles. The number of nitrogens with one attached hydrogen (secondary N) is 1. The van der Waals surface area contributed by atoms with E-state index < -0.39 is 0 Å². The summed E-state index contributed by atoms with van der Waals surface area (Å²) in [5, 5.41) is 3.21. The molecule has 1 fully saturated rings. The SMILES string of the molecule is COc1ccc([C@@H](NC(=O)CN2CCC[C@@H](C)C2)C(C)C)cc1. The Kier molecular flexibility index (Phi) is 6.46. The number of ether oxygens (including phenoxy) is 1. The molecule has 1 N–H and O–H groups in total. The Bertz CT molecular complexity index is 499. The maximum absolute atomic E-state index is 12.5. The van der Waals surface area contributed by atoms with Crippen LogP contribution in [0.15, 0.2) is 24.3 Å². The monoisotopic (exact) mass is 318 g/mol. The van der Waals surface area contributed by atoms with Gasteiger partial charge in [0.1, 0.15) is 5.75 Å². The fourth-order valence-electron chi connectivity index (χ4n) is 3.30. The molecule has 0 spiro atoms. The molecule has 2 atom stereocenters. The molecular weight excluding hydrogens is 288 g/mol. The lowest BCUT2D eigenvalue weighted by atomic mass is 9.95. The van der Waals surface area contributed by atoms with Gasteiger partial charge in [-0.25, -0.2) is 0 Å². The zero-order valence-corrected chi connectivity index (χ0v) is 14.8. The summed E-state index contributed by atoms with van der Waals surface area (Å²) < 4.78 is 5.21. The van der Waals surface area contributed by atoms with Gasteiger partial charge in [-0.3, -0.25) is 9.69 Å². The summed E-state index contributed by atoms with van der Waals surface area (Å²) in [7, 11) is 1.66. The Morgan fingerprint density at radius 3 is 2.61 bits per heavy atom. The van der Waals surface area contributed by atoms with E-state index in [1.807, 2.05) is 24.3 Å². The highest BCUT2D eigenvalue weighted by atomic mass is 16.5. The van der Waals surface area contributed by atoms with Crippen molar-refractivity contribution in [1.82, 2.24) is 10.2 Å². The molecule has 1 amide bonds. The van der Waals surface area contributed by atoms with Gasteiger partial charge in [0.15, 0.2) is 0 Å². The first-order chi connectivity index (χ1) is 11.0. The lowest BCUT2D eigenvalue weighted by Gasteiger charge is -2.31. The Balaban J connectivity index is 1.96. The number of hydrogen-bond acceptors (Lipinski definition) is 3. The smallest absolute Gasteiger partial charge is 0.234 e. The Labute approximate surface area is 140 Å². The van der Waals surface area contributed by atoms with Crippen LogP contribution in [0.5, 0.6) is 5.75 Å². The highest BCUT2D eigenvalue weighted by Crippen LogP contribution is 2.24. The molecule has 1 heterocycles. The third-order valence-corrected chi connectivity index (χ3v) is 4.57. The van der Waals surface area contributed by atoms with Crippen LogP contribution in [-0.2, 0) is 4.79 Å². The summed E-state index contributed by atoms with van der Waals surface area (Å²) in [4.78, 5) is 14.7. The summed E-state index contributed by atoms with van der Waals surface area (Å²) in [6, 6.07) is 8.00. The van der Waals surface area contributed by atoms with Crippen LogP contribution in [-0.4, -0.2) is 37.6 Å². The standard InChI is InChI=1S/C19H30N2O2/c1-14(2)19(16-7-9-17(23-4)10-8-16)20-18(22)13-21-11-5-6-15(3)12-21/h7-10,14-15,19H,5-6,11-13H2,1-4H3,(H,20,22)/t15-,19+/m1/s1. The molecular formula is C19H30N2O2. The summed E-state index contributed by atoms with van der Waals surface area (Å²) >= 11 is 0. The molecule has 4 heteroatoms. The number of rotatable bonds is 6. The molecule has 2 rings (SSSR count). The molecule has 0 radical (unpaired) electrons. The van der Waals surface area contributed by atoms with Gasteiger partial charge in [0.2, 0.25) is 5.91 Å². The largest absolute Gasteiger partial charge is 0.497 e. The van der Waals surface area contributed by atoms with Crippen molar-refractivity contribution in [2.24, 2.45) is 11.8 Å². The van der Waals surface area contributed by atoms with E-state index in [0.717, 1.165) is 24.4 Å². The molecule has 0 aliphatic carbocycles. The second kappa shape index (κ2) is 8.34. The predicted molar refractivity (Wildman–Crippen MR) is 93.6 cm³/mol. The minimum atomic E-state index is 0.0376. The average molecular weight is 318 g/mol. The van der Waals surface area contributed by atoms with Crippen molar-refractivity contribution in [3.63, 3.8) is 0 Å². The number of amides is 1. The number of nitrogens with zero attached hydrogens (tertiary/aromatic N) is 1. The molecule has 1 saturated heterocycles. The molecule has 128 valence electrons. The maximum atomic E-state index is 12.5. The average Bonchev–Trinajstić information content (AvgIpc) is 2.52. The van der Waals surface area contributed by atoms with Crippen LogP contribution >= 0.6 is 0 Å². The number of methoxy groups -OCH3 is 1. The van der Waals surface area contributed by atoms with E-state index >= 15 is 0 Å². The zero-order chi connectivity index (χ0) is 16.8. The van der Waals surface area contributed by atoms with Crippen LogP contribution < -0.4 is 10.1 Å². The van der Waals surface area contributed by atoms with Crippen LogP contribution in [0, 0.1) is 11.8 Å². The van der Waals surface area contributed by atoms with Crippen molar-refractivity contribution >= 4 is 5.91 Å². The molecule has 0 aromatic heterocycles. The zero-order valence-electron chi connectivity index (χ0n) is 14.8. The van der Waals surface area contributed by atoms with Crippen molar-refractivity contribution in [3.05, 3.63) is 29.8 Å². The van der Waals surface area contributed by atoms with Crippen LogP contribution in [0.1, 0.15) is 45.2 Å². The van der Waals surface area contributed by atoms with Gasteiger partial charge >= 0.3 is 0 Å². The van der Waals surface area contributed by atoms with Crippen LogP contribution in [0.3, 0.4) is 0 Å². The predicted octanol–water partition coefficient (Wildman–Crippen LogP) is 3.24. The second-order valence-electron chi connectivity index (χ2n) is 7.04. The normalized spacial score (nSPS) is 20.3. The van der Waals surface area contributed by atoms with Gasteiger partial charge in [-0.05, 0) is 48.9 Å². The first-order valence-electron chi connectivity index (χ1n) is 8.65. The molecule has 1 aliphatic rings. The molecule has 1 aliphatic heterocycles. The topological polar surface area (TPSA) is 41.6 Å². The lowest BCUT2D eigenvalue weighted by molar-refractivity contribution is -0.123. The van der Waals surface area contributed by atoms with Crippen molar-refractivity contribution < 1.29 is 9.53 Å². The molecule has 23 heavy (non-hydrogen) atoms. The quantitative estimate of drug-likeness (QED) is 0.875. The van der Waals surface area contributed by atoms with Crippen molar-refractivity contribution in [3.8, 4) is 5.75 Å². The van der Waals surface area contributed by atoms with E-state index in [1.165, 1.54) is 12.8 Å². The number of likely N-dealkylation sites (tertiary alicyclic amines) is 1. The number of hydrogen-bond donors (Lipinski definition) is 1. The van der Waals surface area contributed by atoms with E-state index in [1.54, 1.807) is 7.11 Å². The fourth-order valence-corrected chi connectivity index (χ4v) is 3.30. The number of carbonyl (C=O) groups excluding carboxylic acids is 1. The highest BCUT2D eigenvalue weighted by Gasteiger charge is 2.22. The minimum absolute atomic E-state index is 0.0376. The molecule has 0 unspecified atom stereocenters. The van der Waals surface area contributed by atoms with Gasteiger partial charge < -0.3 is 10.1 Å². The van der Waals surface area contributed by atoms with E-state index in [4.69, 9.17) is 4.74 Å². The van der Waals surface area contributed by atoms with Gasteiger partial charge in [-0.2, -0.15) is 0 Å². The molecule has 1 aromatic rings. The van der Waals surface area contributed by atoms with Crippen LogP contribution in [0.25, 0.3) is 0 Å². The molecule has 0 bridgehead atoms. The van der Waals surface area contributed by atoms with Gasteiger partial charge in [0, 0.05) is 6.54 Å². The van der Waals surface area contributed by atoms with Gasteiger partial charge in [0.05, 0.1) is 19.7 Å². The fraction of sp³-hybridized carbons (Fsp3) is 0.632. The summed E-state index contributed by atoms with van der Waals surface area (Å²) in [6.07, 6.45) is 2.47. The van der Waals surface area contributed by atoms with Crippen LogP contribution in [0.4, 0.5) is 0 Å². The maximum Gasteiger partial charge on any atom is 0.234 e. The van der Waals surface area contributed by atoms with Gasteiger partial charge in [-0.15, -0.1) is 0 Å². The first-order valence-corrected chi connectivity index (χ1v) is 8.65. The van der Waals surface area contributed by atoms with Crippen molar-refractivity contribution in [2.45, 2.75) is 39.7 Å². The van der Waals surface area contributed by atoms with E-state index in [-0.39, 0.29) is 11.9 Å². The highest BCUT2D eigenvalue weighted by molar-refractivity contribution is 5.78. The lowest BCUT2D eigenvalue weighted by Crippen LogP contribution is -2.43. The Morgan fingerprint density at radius 1 is 1.35 bits per heavy atom. The van der Waals surface area contributed by atoms with E-state index in [0.29, 0.717) is 18.4 Å². The number of benzene rings is 1. The van der Waals surface area contributed by atoms with Crippen molar-refractivity contribution in [1.29, 1.82) is 0 Å². The van der Waals surface area contributed by atoms with Gasteiger partial charge in [-0.1, -0.05) is 32.9 Å². The minimum Gasteiger partial charge on any atom is -0.497 e. The first kappa shape index (κ1) is 17.8. The molecule has 4 nitrogen and oxygen atoms in total. The molecule has 1 aromatic carbocycles. The number of piperidine rings is 1. The number of carbonyl (C=O) groups is 1. The second-order valence-corrected chi connectivity index (χ2v) is 7.04. The summed E-state index contributed by atoms with van der Waals surface area (Å²) in [5.41, 5.74) is 1.13. The van der Waals surface area contributed by atoms with Crippen molar-refractivity contribution in [2.75, 3.05) is 26.7 Å². The third kappa shape index (κ3) is 5.24. The van der Waals surface area contributed by atoms with E-state index in [9.17, 15) is 4.79 Å². The summed E-state index contributed by atoms with van der Waals surface area (Å²) in [6.45, 7) is 9.10. The Hall–Kier alpha value is -1.55.